The van der Waals surface area contributed by atoms with E-state index in [4.69, 9.17) is 56.5 Å². The van der Waals surface area contributed by atoms with Crippen molar-refractivity contribution in [3.05, 3.63) is 227 Å². The molecule has 6 aromatic carbocycles. The van der Waals surface area contributed by atoms with Crippen molar-refractivity contribution in [1.29, 1.82) is 10.5 Å². The van der Waals surface area contributed by atoms with E-state index < -0.39 is 10.4 Å². The van der Waals surface area contributed by atoms with E-state index in [1.54, 1.807) is 0 Å². The van der Waals surface area contributed by atoms with E-state index in [2.05, 4.69) is 184 Å². The summed E-state index contributed by atoms with van der Waals surface area (Å²) in [6, 6.07) is 49.2. The van der Waals surface area contributed by atoms with Gasteiger partial charge in [0.15, 0.2) is 0 Å². The molecule has 2 aromatic heterocycles. The van der Waals surface area contributed by atoms with Gasteiger partial charge in [-0.15, -0.1) is 0 Å². The van der Waals surface area contributed by atoms with Crippen molar-refractivity contribution >= 4 is 10.4 Å². The molecular weight excluding hydrogens is 1140 g/mol. The quantitative estimate of drug-likeness (QED) is 0.0167. The first kappa shape index (κ1) is 69.8. The van der Waals surface area contributed by atoms with Crippen LogP contribution in [0.3, 0.4) is 0 Å². The molecule has 0 amide bonds. The van der Waals surface area contributed by atoms with Crippen LogP contribution in [0.15, 0.2) is 171 Å². The van der Waals surface area contributed by atoms with Crippen LogP contribution in [-0.4, -0.2) is 66.3 Å². The van der Waals surface area contributed by atoms with Crippen LogP contribution in [0.1, 0.15) is 147 Å². The normalized spacial score (nSPS) is 11.8. The Morgan fingerprint density at radius 1 is 0.506 bits per heavy atom. The summed E-state index contributed by atoms with van der Waals surface area (Å²) in [4.78, 5) is 0. The summed E-state index contributed by atoms with van der Waals surface area (Å²) in [5.41, 5.74) is 10.8. The third-order valence-corrected chi connectivity index (χ3v) is 14.5. The monoisotopic (exact) mass is 1230 g/mol. The van der Waals surface area contributed by atoms with Crippen LogP contribution in [0.4, 0.5) is 0 Å². The summed E-state index contributed by atoms with van der Waals surface area (Å²) >= 11 is 0. The Bertz CT molecular complexity index is 3320. The summed E-state index contributed by atoms with van der Waals surface area (Å²) < 4.78 is 79.7. The molecule has 0 aliphatic heterocycles. The number of hydrogen-bond acceptors (Lipinski definition) is 12. The number of nitriles is 2. The number of nitrogens with zero attached hydrogens (tertiary/aromatic N) is 6. The number of hydrogen-bond donors (Lipinski definition) is 0. The summed E-state index contributed by atoms with van der Waals surface area (Å²) in [5, 5.41) is 18.1. The van der Waals surface area contributed by atoms with Crippen molar-refractivity contribution in [1.82, 2.24) is 9.13 Å². The standard InChI is InChI=1S/2C36H44N3O3.H2O4S/c2*1-5-21-40-33-14-12-32(13-15-33)36(42-23-17-30-8-10-31(25-37)11-9-30)26-39-20-19-38(27-39)18-6-22-41-35-24-29(4)7-16-34(35)28(2)3;1-5(2,3)4/h2*7-16,19-20,24,27-28,36H,5-6,17-18,21-23,26H2,1-4H3;(H2,1,2,3,4)/q2*+1;/p-2. The van der Waals surface area contributed by atoms with Crippen molar-refractivity contribution in [3.8, 4) is 35.1 Å². The van der Waals surface area contributed by atoms with Gasteiger partial charge < -0.3 is 37.5 Å². The van der Waals surface area contributed by atoms with Crippen LogP contribution in [0.5, 0.6) is 23.0 Å². The number of ether oxygens (including phenoxy) is 6. The highest BCUT2D eigenvalue weighted by atomic mass is 32.3. The third kappa shape index (κ3) is 25.4. The smallest absolute Gasteiger partial charge is 0.243 e. The van der Waals surface area contributed by atoms with Crippen molar-refractivity contribution in [3.63, 3.8) is 0 Å². The van der Waals surface area contributed by atoms with E-state index in [-0.39, 0.29) is 12.2 Å². The minimum absolute atomic E-state index is 0.108. The fourth-order valence-corrected chi connectivity index (χ4v) is 9.72. The zero-order valence-corrected chi connectivity index (χ0v) is 53.8. The molecule has 8 rings (SSSR count). The molecule has 2 atom stereocenters. The second-order valence-corrected chi connectivity index (χ2v) is 23.4. The lowest BCUT2D eigenvalue weighted by Crippen LogP contribution is -2.32. The Labute approximate surface area is 528 Å². The number of rotatable bonds is 32. The van der Waals surface area contributed by atoms with Gasteiger partial charge in [0.05, 0.1) is 76.0 Å². The van der Waals surface area contributed by atoms with Crippen LogP contribution in [-0.2, 0) is 58.9 Å². The predicted molar refractivity (Wildman–Crippen MR) is 342 cm³/mol. The van der Waals surface area contributed by atoms with Crippen LogP contribution < -0.4 is 28.1 Å². The van der Waals surface area contributed by atoms with Crippen LogP contribution >= 0.6 is 0 Å². The lowest BCUT2D eigenvalue weighted by molar-refractivity contribution is -0.697. The molecular formula is C72H88N6O10S. The zero-order chi connectivity index (χ0) is 64.0. The molecule has 2 heterocycles. The molecule has 0 bridgehead atoms. The average Bonchev–Trinajstić information content (AvgIpc) is 3.90. The minimum Gasteiger partial charge on any atom is -0.759 e. The summed E-state index contributed by atoms with van der Waals surface area (Å²) in [6.45, 7) is 24.3. The lowest BCUT2D eigenvalue weighted by atomic mass is 10.0. The average molecular weight is 1230 g/mol. The van der Waals surface area contributed by atoms with Crippen LogP contribution in [0.25, 0.3) is 0 Å². The van der Waals surface area contributed by atoms with Gasteiger partial charge in [-0.25, -0.2) is 18.3 Å². The fraction of sp³-hybridized carbons (Fsp3) is 0.389. The van der Waals surface area contributed by atoms with Crippen molar-refractivity contribution in [2.24, 2.45) is 0 Å². The highest BCUT2D eigenvalue weighted by Crippen LogP contribution is 2.30. The molecule has 0 saturated heterocycles. The molecule has 0 fully saturated rings. The molecule has 0 N–H and O–H groups in total. The van der Waals surface area contributed by atoms with E-state index in [9.17, 15) is 0 Å². The molecule has 2 unspecified atom stereocenters. The maximum atomic E-state index is 9.06. The maximum Gasteiger partial charge on any atom is 0.243 e. The van der Waals surface area contributed by atoms with E-state index in [1.165, 1.54) is 22.3 Å². The van der Waals surface area contributed by atoms with Gasteiger partial charge >= 0.3 is 0 Å². The molecule has 0 aliphatic carbocycles. The Balaban J connectivity index is 0.000000264. The Morgan fingerprint density at radius 3 is 1.21 bits per heavy atom. The van der Waals surface area contributed by atoms with Crippen LogP contribution in [0.2, 0.25) is 0 Å². The molecule has 0 spiro atoms. The molecule has 17 heteroatoms. The van der Waals surface area contributed by atoms with Gasteiger partial charge in [-0.2, -0.15) is 10.5 Å². The first-order valence-electron chi connectivity index (χ1n) is 30.8. The Kier molecular flexibility index (Phi) is 28.9. The van der Waals surface area contributed by atoms with Gasteiger partial charge in [0.1, 0.15) is 73.1 Å². The van der Waals surface area contributed by atoms with E-state index in [1.807, 2.05) is 72.8 Å². The second kappa shape index (κ2) is 36.9. The second-order valence-electron chi connectivity index (χ2n) is 22.6. The van der Waals surface area contributed by atoms with Crippen molar-refractivity contribution < 1.29 is 55.1 Å². The number of aryl methyl sites for hydroxylation is 4. The fourth-order valence-electron chi connectivity index (χ4n) is 9.72. The van der Waals surface area contributed by atoms with E-state index in [0.29, 0.717) is 75.7 Å². The number of benzene rings is 6. The SMILES string of the molecule is CCCOc1ccc(C(Cn2cc[n+](CCCOc3cc(C)ccc3C(C)C)c2)OCCc2ccc(C#N)cc2)cc1.CCCOc1ccc(C(Cn2cc[n+](CCCOc3cc(C)ccc3C(C)C)c2)OCCc2ccc(C#N)cc2)cc1.O=S(=O)([O-])[O-]. The summed E-state index contributed by atoms with van der Waals surface area (Å²) in [5.74, 6) is 4.62. The molecule has 8 aromatic rings. The number of imidazole rings is 2. The molecule has 16 nitrogen and oxygen atoms in total. The van der Waals surface area contributed by atoms with Gasteiger partial charge in [-0.1, -0.05) is 114 Å². The summed E-state index contributed by atoms with van der Waals surface area (Å²) in [6.07, 6.45) is 17.9. The van der Waals surface area contributed by atoms with Gasteiger partial charge in [0.2, 0.25) is 12.7 Å². The summed E-state index contributed by atoms with van der Waals surface area (Å²) in [7, 11) is -5.17. The molecule has 0 aliphatic rings. The highest BCUT2D eigenvalue weighted by molar-refractivity contribution is 7.79. The van der Waals surface area contributed by atoms with Gasteiger partial charge in [-0.05, 0) is 157 Å². The zero-order valence-electron chi connectivity index (χ0n) is 53.0. The van der Waals surface area contributed by atoms with Gasteiger partial charge in [-0.3, -0.25) is 8.42 Å². The van der Waals surface area contributed by atoms with Crippen molar-refractivity contribution in [2.45, 2.75) is 144 Å². The molecule has 0 saturated carbocycles. The topological polar surface area (TPSA) is 201 Å². The molecule has 472 valence electrons. The first-order chi connectivity index (χ1) is 42.9. The highest BCUT2D eigenvalue weighted by Gasteiger charge is 2.20. The van der Waals surface area contributed by atoms with Gasteiger partial charge in [0.25, 0.3) is 0 Å². The molecule has 89 heavy (non-hydrogen) atoms. The molecule has 0 radical (unpaired) electrons. The van der Waals surface area contributed by atoms with E-state index >= 15 is 0 Å². The Hall–Kier alpha value is -8.29. The van der Waals surface area contributed by atoms with Gasteiger partial charge in [0, 0.05) is 23.2 Å². The third-order valence-electron chi connectivity index (χ3n) is 14.5. The number of aromatic nitrogens is 4. The first-order valence-corrected chi connectivity index (χ1v) is 32.1. The Morgan fingerprint density at radius 2 is 0.876 bits per heavy atom. The maximum absolute atomic E-state index is 9.06. The largest absolute Gasteiger partial charge is 0.759 e. The van der Waals surface area contributed by atoms with E-state index in [0.717, 1.165) is 96.9 Å². The van der Waals surface area contributed by atoms with Crippen LogP contribution in [0, 0.1) is 36.5 Å². The minimum atomic E-state index is -5.17. The predicted octanol–water partition coefficient (Wildman–Crippen LogP) is 13.3. The lowest BCUT2D eigenvalue weighted by Gasteiger charge is -2.17. The van der Waals surface area contributed by atoms with Crippen molar-refractivity contribution in [2.75, 3.05) is 39.6 Å².